The monoisotopic (exact) mass is 315 g/mol. The van der Waals surface area contributed by atoms with Gasteiger partial charge >= 0.3 is 0 Å². The van der Waals surface area contributed by atoms with Crippen molar-refractivity contribution in [2.75, 3.05) is 19.7 Å². The Kier molecular flexibility index (Phi) is 4.96. The van der Waals surface area contributed by atoms with Gasteiger partial charge in [0.1, 0.15) is 5.76 Å². The number of pyridine rings is 1. The third kappa shape index (κ3) is 4.10. The van der Waals surface area contributed by atoms with Crippen molar-refractivity contribution < 1.29 is 9.26 Å². The van der Waals surface area contributed by atoms with Crippen LogP contribution in [0.3, 0.4) is 0 Å². The highest BCUT2D eigenvalue weighted by molar-refractivity contribution is 5.20. The molecule has 0 amide bonds. The van der Waals surface area contributed by atoms with E-state index in [1.807, 2.05) is 39.0 Å². The number of aromatic nitrogens is 2. The fourth-order valence-corrected chi connectivity index (χ4v) is 3.18. The molecule has 0 bridgehead atoms. The summed E-state index contributed by atoms with van der Waals surface area (Å²) in [5.41, 5.74) is 3.22. The van der Waals surface area contributed by atoms with E-state index < -0.39 is 0 Å². The van der Waals surface area contributed by atoms with Crippen molar-refractivity contribution in [1.82, 2.24) is 15.0 Å². The quantitative estimate of drug-likeness (QED) is 0.847. The number of hydrogen-bond acceptors (Lipinski definition) is 5. The van der Waals surface area contributed by atoms with Crippen LogP contribution in [-0.4, -0.2) is 34.7 Å². The van der Waals surface area contributed by atoms with Crippen molar-refractivity contribution in [3.8, 4) is 5.88 Å². The molecule has 124 valence electrons. The van der Waals surface area contributed by atoms with Gasteiger partial charge in [-0.2, -0.15) is 0 Å². The number of hydrogen-bond donors (Lipinski definition) is 0. The molecule has 1 saturated heterocycles. The minimum atomic E-state index is 0.548. The summed E-state index contributed by atoms with van der Waals surface area (Å²) in [5, 5.41) is 4.05. The normalized spacial score (nSPS) is 19.0. The molecule has 1 unspecified atom stereocenters. The van der Waals surface area contributed by atoms with Crippen LogP contribution < -0.4 is 4.74 Å². The highest BCUT2D eigenvalue weighted by Gasteiger charge is 2.22. The Morgan fingerprint density at radius 1 is 1.30 bits per heavy atom. The molecule has 0 aliphatic carbocycles. The maximum absolute atomic E-state index is 5.89. The molecule has 1 fully saturated rings. The Morgan fingerprint density at radius 3 is 2.91 bits per heavy atom. The molecule has 1 atom stereocenters. The van der Waals surface area contributed by atoms with E-state index in [0.717, 1.165) is 49.3 Å². The summed E-state index contributed by atoms with van der Waals surface area (Å²) in [6, 6.07) is 5.90. The van der Waals surface area contributed by atoms with Crippen molar-refractivity contribution in [2.24, 2.45) is 5.92 Å². The van der Waals surface area contributed by atoms with Crippen LogP contribution >= 0.6 is 0 Å². The first-order chi connectivity index (χ1) is 11.1. The second kappa shape index (κ2) is 7.13. The fraction of sp³-hybridized carbons (Fsp3) is 0.556. The molecular weight excluding hydrogens is 290 g/mol. The summed E-state index contributed by atoms with van der Waals surface area (Å²) in [5.74, 6) is 2.21. The third-order valence-corrected chi connectivity index (χ3v) is 4.50. The summed E-state index contributed by atoms with van der Waals surface area (Å²) in [6.07, 6.45) is 2.42. The van der Waals surface area contributed by atoms with Gasteiger partial charge in [-0.15, -0.1) is 0 Å². The smallest absolute Gasteiger partial charge is 0.213 e. The van der Waals surface area contributed by atoms with Crippen LogP contribution in [0.25, 0.3) is 0 Å². The minimum absolute atomic E-state index is 0.548. The number of piperidine rings is 1. The highest BCUT2D eigenvalue weighted by atomic mass is 16.5. The summed E-state index contributed by atoms with van der Waals surface area (Å²) in [4.78, 5) is 6.88. The Morgan fingerprint density at radius 2 is 2.17 bits per heavy atom. The van der Waals surface area contributed by atoms with Crippen LogP contribution in [0.4, 0.5) is 0 Å². The largest absolute Gasteiger partial charge is 0.477 e. The van der Waals surface area contributed by atoms with Crippen molar-refractivity contribution in [3.05, 3.63) is 40.9 Å². The van der Waals surface area contributed by atoms with Crippen LogP contribution in [0.15, 0.2) is 22.7 Å². The van der Waals surface area contributed by atoms with Gasteiger partial charge < -0.3 is 9.26 Å². The van der Waals surface area contributed by atoms with Gasteiger partial charge in [0.25, 0.3) is 0 Å². The standard InChI is InChI=1S/C18H25N3O2/c1-13-6-4-8-18(19-13)22-12-16-7-5-9-21(10-16)11-17-14(2)20-23-15(17)3/h4,6,8,16H,5,7,9-12H2,1-3H3. The number of nitrogens with zero attached hydrogens (tertiary/aromatic N) is 3. The summed E-state index contributed by atoms with van der Waals surface area (Å²) in [7, 11) is 0. The first-order valence-electron chi connectivity index (χ1n) is 8.32. The van der Waals surface area contributed by atoms with E-state index in [0.29, 0.717) is 5.92 Å². The van der Waals surface area contributed by atoms with E-state index in [9.17, 15) is 0 Å². The molecule has 0 saturated carbocycles. The number of aryl methyl sites for hydroxylation is 3. The SMILES string of the molecule is Cc1cccc(OCC2CCCN(Cc3c(C)noc3C)C2)n1. The van der Waals surface area contributed by atoms with E-state index in [-0.39, 0.29) is 0 Å². The van der Waals surface area contributed by atoms with E-state index in [1.165, 1.54) is 18.4 Å². The van der Waals surface area contributed by atoms with Gasteiger partial charge in [0.2, 0.25) is 5.88 Å². The molecule has 2 aromatic heterocycles. The second-order valence-corrected chi connectivity index (χ2v) is 6.47. The first kappa shape index (κ1) is 16.0. The Hall–Kier alpha value is -1.88. The van der Waals surface area contributed by atoms with Gasteiger partial charge in [-0.25, -0.2) is 4.98 Å². The van der Waals surface area contributed by atoms with Crippen molar-refractivity contribution >= 4 is 0 Å². The van der Waals surface area contributed by atoms with Gasteiger partial charge in [0.15, 0.2) is 0 Å². The van der Waals surface area contributed by atoms with Crippen LogP contribution in [-0.2, 0) is 6.54 Å². The zero-order chi connectivity index (χ0) is 16.2. The summed E-state index contributed by atoms with van der Waals surface area (Å²) in [6.45, 7) is 9.82. The summed E-state index contributed by atoms with van der Waals surface area (Å²) >= 11 is 0. The van der Waals surface area contributed by atoms with Crippen LogP contribution in [0.5, 0.6) is 5.88 Å². The van der Waals surface area contributed by atoms with Crippen molar-refractivity contribution in [3.63, 3.8) is 0 Å². The highest BCUT2D eigenvalue weighted by Crippen LogP contribution is 2.22. The molecular formula is C18H25N3O2. The number of likely N-dealkylation sites (tertiary alicyclic amines) is 1. The average molecular weight is 315 g/mol. The van der Waals surface area contributed by atoms with Gasteiger partial charge in [0.05, 0.1) is 12.3 Å². The van der Waals surface area contributed by atoms with E-state index >= 15 is 0 Å². The zero-order valence-electron chi connectivity index (χ0n) is 14.2. The van der Waals surface area contributed by atoms with Gasteiger partial charge in [-0.3, -0.25) is 4.90 Å². The Labute approximate surface area is 137 Å². The summed E-state index contributed by atoms with van der Waals surface area (Å²) < 4.78 is 11.2. The lowest BCUT2D eigenvalue weighted by Crippen LogP contribution is -2.37. The third-order valence-electron chi connectivity index (χ3n) is 4.50. The van der Waals surface area contributed by atoms with Crippen LogP contribution in [0, 0.1) is 26.7 Å². The molecule has 5 nitrogen and oxygen atoms in total. The van der Waals surface area contributed by atoms with E-state index in [1.54, 1.807) is 0 Å². The molecule has 0 N–H and O–H groups in total. The molecule has 0 spiro atoms. The maximum atomic E-state index is 5.89. The van der Waals surface area contributed by atoms with Crippen molar-refractivity contribution in [2.45, 2.75) is 40.2 Å². The second-order valence-electron chi connectivity index (χ2n) is 6.47. The predicted octanol–water partition coefficient (Wildman–Crippen LogP) is 3.29. The number of ether oxygens (including phenoxy) is 1. The molecule has 1 aliphatic heterocycles. The predicted molar refractivity (Wildman–Crippen MR) is 88.4 cm³/mol. The molecule has 2 aromatic rings. The topological polar surface area (TPSA) is 51.4 Å². The first-order valence-corrected chi connectivity index (χ1v) is 8.32. The fourth-order valence-electron chi connectivity index (χ4n) is 3.18. The van der Waals surface area contributed by atoms with Gasteiger partial charge in [-0.05, 0) is 46.2 Å². The lowest BCUT2D eigenvalue weighted by molar-refractivity contribution is 0.122. The Balaban J connectivity index is 1.54. The van der Waals surface area contributed by atoms with Gasteiger partial charge in [-0.1, -0.05) is 11.2 Å². The zero-order valence-corrected chi connectivity index (χ0v) is 14.2. The van der Waals surface area contributed by atoms with Crippen LogP contribution in [0.2, 0.25) is 0 Å². The molecule has 5 heteroatoms. The Bertz CT molecular complexity index is 634. The minimum Gasteiger partial charge on any atom is -0.477 e. The van der Waals surface area contributed by atoms with E-state index in [2.05, 4.69) is 15.0 Å². The van der Waals surface area contributed by atoms with Crippen LogP contribution in [0.1, 0.15) is 35.6 Å². The number of rotatable bonds is 5. The lowest BCUT2D eigenvalue weighted by Gasteiger charge is -2.32. The molecule has 1 aliphatic rings. The molecule has 23 heavy (non-hydrogen) atoms. The maximum Gasteiger partial charge on any atom is 0.213 e. The average Bonchev–Trinajstić information content (AvgIpc) is 2.85. The molecule has 0 radical (unpaired) electrons. The lowest BCUT2D eigenvalue weighted by atomic mass is 9.98. The van der Waals surface area contributed by atoms with E-state index in [4.69, 9.17) is 9.26 Å². The van der Waals surface area contributed by atoms with Crippen molar-refractivity contribution in [1.29, 1.82) is 0 Å². The molecule has 0 aromatic carbocycles. The molecule has 3 rings (SSSR count). The van der Waals surface area contributed by atoms with Gasteiger partial charge in [0, 0.05) is 36.3 Å². The molecule has 3 heterocycles.